The number of carbonyl (C=O) groups is 1. The van der Waals surface area contributed by atoms with Crippen molar-refractivity contribution >= 4 is 27.8 Å². The molecule has 2 aromatic heterocycles. The molecule has 0 amide bonds. The van der Waals surface area contributed by atoms with Gasteiger partial charge in [-0.15, -0.1) is 0 Å². The van der Waals surface area contributed by atoms with Crippen LogP contribution in [0.5, 0.6) is 0 Å². The number of methoxy groups -OCH3 is 1. The van der Waals surface area contributed by atoms with Gasteiger partial charge in [0.25, 0.3) is 0 Å². The molecule has 3 N–H and O–H groups in total. The van der Waals surface area contributed by atoms with Crippen LogP contribution in [0.2, 0.25) is 0 Å². The molecule has 0 aliphatic heterocycles. The number of rotatable bonds is 4. The summed E-state index contributed by atoms with van der Waals surface area (Å²) in [5.41, 5.74) is 10.1. The number of ether oxygens (including phenoxy) is 1. The zero-order chi connectivity index (χ0) is 19.0. The van der Waals surface area contributed by atoms with E-state index in [1.54, 1.807) is 18.5 Å². The van der Waals surface area contributed by atoms with E-state index in [9.17, 15) is 4.79 Å². The van der Waals surface area contributed by atoms with Crippen LogP contribution >= 0.6 is 15.9 Å². The van der Waals surface area contributed by atoms with Crippen molar-refractivity contribution in [2.45, 2.75) is 24.7 Å². The predicted molar refractivity (Wildman–Crippen MR) is 106 cm³/mol. The zero-order valence-electron chi connectivity index (χ0n) is 14.8. The van der Waals surface area contributed by atoms with Crippen molar-refractivity contribution in [2.75, 3.05) is 12.8 Å². The molecule has 6 nitrogen and oxygen atoms in total. The molecule has 138 valence electrons. The van der Waals surface area contributed by atoms with Gasteiger partial charge in [0.15, 0.2) is 0 Å². The van der Waals surface area contributed by atoms with Gasteiger partial charge in [0.1, 0.15) is 5.69 Å². The highest BCUT2D eigenvalue weighted by Crippen LogP contribution is 2.51. The first-order chi connectivity index (χ1) is 13.0. The fourth-order valence-electron chi connectivity index (χ4n) is 3.68. The Bertz CT molecular complexity index is 976. The highest BCUT2D eigenvalue weighted by molar-refractivity contribution is 9.10. The molecule has 7 heteroatoms. The van der Waals surface area contributed by atoms with Gasteiger partial charge in [-0.25, -0.2) is 14.8 Å². The van der Waals surface area contributed by atoms with Crippen molar-refractivity contribution in [1.82, 2.24) is 15.0 Å². The summed E-state index contributed by atoms with van der Waals surface area (Å²) in [7, 11) is 1.38. The van der Waals surface area contributed by atoms with Crippen LogP contribution in [0.4, 0.5) is 5.95 Å². The van der Waals surface area contributed by atoms with Crippen molar-refractivity contribution < 1.29 is 9.53 Å². The number of nitrogens with two attached hydrogens (primary N) is 1. The molecule has 1 aliphatic rings. The number of aromatic amines is 1. The summed E-state index contributed by atoms with van der Waals surface area (Å²) in [5.74, 6) is -0.100. The van der Waals surface area contributed by atoms with Gasteiger partial charge in [-0.2, -0.15) is 0 Å². The van der Waals surface area contributed by atoms with Crippen LogP contribution in [0.3, 0.4) is 0 Å². The second kappa shape index (κ2) is 6.81. The van der Waals surface area contributed by atoms with E-state index >= 15 is 0 Å². The molecular formula is C20H19BrN4O2. The molecule has 4 rings (SSSR count). The largest absolute Gasteiger partial charge is 0.464 e. The minimum atomic E-state index is -0.366. The summed E-state index contributed by atoms with van der Waals surface area (Å²) < 4.78 is 5.74. The van der Waals surface area contributed by atoms with Crippen LogP contribution in [0.25, 0.3) is 11.1 Å². The lowest BCUT2D eigenvalue weighted by Gasteiger charge is -2.42. The number of nitrogens with one attached hydrogen (secondary N) is 1. The number of benzene rings is 1. The number of hydrogen-bond acceptors (Lipinski definition) is 5. The molecule has 0 unspecified atom stereocenters. The van der Waals surface area contributed by atoms with E-state index in [2.05, 4.69) is 55.1 Å². The van der Waals surface area contributed by atoms with Crippen molar-refractivity contribution in [2.24, 2.45) is 0 Å². The quantitative estimate of drug-likeness (QED) is 0.613. The topological polar surface area (TPSA) is 93.9 Å². The van der Waals surface area contributed by atoms with Crippen molar-refractivity contribution in [1.29, 1.82) is 0 Å². The number of anilines is 1. The summed E-state index contributed by atoms with van der Waals surface area (Å²) in [5, 5.41) is 0. The van der Waals surface area contributed by atoms with E-state index in [0.29, 0.717) is 5.69 Å². The Labute approximate surface area is 165 Å². The second-order valence-corrected chi connectivity index (χ2v) is 7.59. The van der Waals surface area contributed by atoms with Crippen molar-refractivity contribution in [3.63, 3.8) is 0 Å². The highest BCUT2D eigenvalue weighted by Gasteiger charge is 2.43. The Hall–Kier alpha value is -2.67. The van der Waals surface area contributed by atoms with Crippen LogP contribution in [-0.2, 0) is 10.2 Å². The first-order valence-electron chi connectivity index (χ1n) is 8.69. The monoisotopic (exact) mass is 426 g/mol. The predicted octanol–water partition coefficient (Wildman–Crippen LogP) is 4.07. The molecule has 0 spiro atoms. The van der Waals surface area contributed by atoms with Gasteiger partial charge < -0.3 is 15.5 Å². The first-order valence-corrected chi connectivity index (χ1v) is 9.48. The standard InChI is InChI=1S/C20H19BrN4O2/c1-27-18(26)16-9-15(21)17(25-16)20(7-2-8-20)14-5-3-12(4-6-14)13-10-23-19(22)24-11-13/h3-6,9-11,25H,2,7-8H2,1H3,(H2,22,23,24). The van der Waals surface area contributed by atoms with Gasteiger partial charge in [-0.05, 0) is 46.0 Å². The summed E-state index contributed by atoms with van der Waals surface area (Å²) in [6.07, 6.45) is 6.64. The molecule has 1 fully saturated rings. The summed E-state index contributed by atoms with van der Waals surface area (Å²) >= 11 is 3.61. The molecule has 0 radical (unpaired) electrons. The minimum Gasteiger partial charge on any atom is -0.464 e. The lowest BCUT2D eigenvalue weighted by molar-refractivity contribution is 0.0594. The van der Waals surface area contributed by atoms with Crippen LogP contribution in [0, 0.1) is 0 Å². The van der Waals surface area contributed by atoms with Crippen LogP contribution in [-0.4, -0.2) is 28.0 Å². The Balaban J connectivity index is 1.69. The van der Waals surface area contributed by atoms with Gasteiger partial charge in [-0.1, -0.05) is 30.7 Å². The maximum Gasteiger partial charge on any atom is 0.354 e. The smallest absolute Gasteiger partial charge is 0.354 e. The van der Waals surface area contributed by atoms with Crippen LogP contribution < -0.4 is 5.73 Å². The normalized spacial score (nSPS) is 15.2. The number of nitrogen functional groups attached to an aromatic ring is 1. The maximum absolute atomic E-state index is 11.9. The summed E-state index contributed by atoms with van der Waals surface area (Å²) in [6.45, 7) is 0. The second-order valence-electron chi connectivity index (χ2n) is 6.74. The van der Waals surface area contributed by atoms with Gasteiger partial charge in [0, 0.05) is 33.5 Å². The average molecular weight is 427 g/mol. The van der Waals surface area contributed by atoms with E-state index < -0.39 is 0 Å². The molecule has 3 aromatic rings. The molecule has 0 saturated heterocycles. The molecule has 2 heterocycles. The third-order valence-electron chi connectivity index (χ3n) is 5.30. The van der Waals surface area contributed by atoms with Crippen LogP contribution in [0.15, 0.2) is 47.2 Å². The maximum atomic E-state index is 11.9. The average Bonchev–Trinajstić information content (AvgIpc) is 3.03. The molecule has 1 aliphatic carbocycles. The van der Waals surface area contributed by atoms with E-state index in [4.69, 9.17) is 10.5 Å². The highest BCUT2D eigenvalue weighted by atomic mass is 79.9. The lowest BCUT2D eigenvalue weighted by Crippen LogP contribution is -2.36. The Morgan fingerprint density at radius 1 is 1.19 bits per heavy atom. The molecular weight excluding hydrogens is 408 g/mol. The summed E-state index contributed by atoms with van der Waals surface area (Å²) in [4.78, 5) is 23.3. The zero-order valence-corrected chi connectivity index (χ0v) is 16.4. The fourth-order valence-corrected chi connectivity index (χ4v) is 4.39. The number of H-pyrrole nitrogens is 1. The van der Waals surface area contributed by atoms with E-state index in [1.165, 1.54) is 12.7 Å². The van der Waals surface area contributed by atoms with Crippen LogP contribution in [0.1, 0.15) is 41.0 Å². The third kappa shape index (κ3) is 3.02. The minimum absolute atomic E-state index is 0.124. The molecule has 27 heavy (non-hydrogen) atoms. The third-order valence-corrected chi connectivity index (χ3v) is 5.93. The number of carbonyl (C=O) groups excluding carboxylic acids is 1. The molecule has 1 aromatic carbocycles. The number of nitrogens with zero attached hydrogens (tertiary/aromatic N) is 2. The van der Waals surface area contributed by atoms with Gasteiger partial charge in [0.05, 0.1) is 7.11 Å². The Morgan fingerprint density at radius 2 is 1.85 bits per heavy atom. The fraction of sp³-hybridized carbons (Fsp3) is 0.250. The van der Waals surface area contributed by atoms with E-state index in [1.807, 2.05) is 0 Å². The van der Waals surface area contributed by atoms with E-state index in [0.717, 1.165) is 40.6 Å². The number of hydrogen-bond donors (Lipinski definition) is 2. The number of aromatic nitrogens is 3. The number of esters is 1. The summed E-state index contributed by atoms with van der Waals surface area (Å²) in [6, 6.07) is 10.2. The van der Waals surface area contributed by atoms with E-state index in [-0.39, 0.29) is 17.3 Å². The van der Waals surface area contributed by atoms with Gasteiger partial charge >= 0.3 is 5.97 Å². The lowest BCUT2D eigenvalue weighted by atomic mass is 9.62. The molecule has 0 atom stereocenters. The Kier molecular flexibility index (Phi) is 4.47. The molecule has 1 saturated carbocycles. The van der Waals surface area contributed by atoms with Crippen molar-refractivity contribution in [3.05, 3.63) is 64.1 Å². The van der Waals surface area contributed by atoms with Gasteiger partial charge in [0.2, 0.25) is 5.95 Å². The SMILES string of the molecule is COC(=O)c1cc(Br)c(C2(c3ccc(-c4cnc(N)nc4)cc3)CCC2)[nH]1. The molecule has 0 bridgehead atoms. The first kappa shape index (κ1) is 17.7. The van der Waals surface area contributed by atoms with Gasteiger partial charge in [-0.3, -0.25) is 0 Å². The Morgan fingerprint density at radius 3 is 2.41 bits per heavy atom. The van der Waals surface area contributed by atoms with Crippen molar-refractivity contribution in [3.8, 4) is 11.1 Å². The number of halogens is 1.